The molecule has 3 unspecified atom stereocenters. The van der Waals surface area contributed by atoms with E-state index in [0.29, 0.717) is 12.0 Å². The molecular weight excluding hydrogens is 226 g/mol. The van der Waals surface area contributed by atoms with Crippen molar-refractivity contribution >= 4 is 0 Å². The van der Waals surface area contributed by atoms with Gasteiger partial charge in [0.25, 0.3) is 0 Å². The molecule has 3 atom stereocenters. The van der Waals surface area contributed by atoms with E-state index in [2.05, 4.69) is 25.7 Å². The predicted octanol–water partition coefficient (Wildman–Crippen LogP) is 2.27. The summed E-state index contributed by atoms with van der Waals surface area (Å²) in [6.45, 7) is 8.42. The van der Waals surface area contributed by atoms with Gasteiger partial charge in [0, 0.05) is 19.1 Å². The zero-order valence-corrected chi connectivity index (χ0v) is 12.3. The molecule has 108 valence electrons. The van der Waals surface area contributed by atoms with E-state index in [1.165, 1.54) is 19.3 Å². The van der Waals surface area contributed by atoms with Crippen molar-refractivity contribution in [2.45, 2.75) is 65.0 Å². The van der Waals surface area contributed by atoms with Crippen LogP contribution in [0.15, 0.2) is 0 Å². The molecule has 1 aliphatic rings. The van der Waals surface area contributed by atoms with Gasteiger partial charge in [-0.2, -0.15) is 0 Å². The van der Waals surface area contributed by atoms with Gasteiger partial charge in [0.15, 0.2) is 0 Å². The molecule has 0 heterocycles. The lowest BCUT2D eigenvalue weighted by molar-refractivity contribution is 0.0166. The Balaban J connectivity index is 2.50. The Bertz CT molecular complexity index is 221. The lowest BCUT2D eigenvalue weighted by Gasteiger charge is -2.37. The van der Waals surface area contributed by atoms with Crippen LogP contribution >= 0.6 is 0 Å². The van der Waals surface area contributed by atoms with E-state index in [-0.39, 0.29) is 12.7 Å². The fourth-order valence-electron chi connectivity index (χ4n) is 3.20. The molecule has 0 aromatic rings. The maximum absolute atomic E-state index is 10.2. The summed E-state index contributed by atoms with van der Waals surface area (Å²) in [5.41, 5.74) is 0. The first-order chi connectivity index (χ1) is 8.58. The quantitative estimate of drug-likeness (QED) is 0.735. The second-order valence-corrected chi connectivity index (χ2v) is 6.11. The Morgan fingerprint density at radius 1 is 1.28 bits per heavy atom. The highest BCUT2D eigenvalue weighted by molar-refractivity contribution is 4.82. The van der Waals surface area contributed by atoms with Gasteiger partial charge in [-0.1, -0.05) is 19.8 Å². The molecule has 18 heavy (non-hydrogen) atoms. The van der Waals surface area contributed by atoms with Gasteiger partial charge >= 0.3 is 0 Å². The summed E-state index contributed by atoms with van der Waals surface area (Å²) in [5.74, 6) is 1.19. The summed E-state index contributed by atoms with van der Waals surface area (Å²) in [4.78, 5) is 2.29. The molecule has 0 saturated heterocycles. The van der Waals surface area contributed by atoms with Crippen LogP contribution in [0, 0.1) is 11.8 Å². The van der Waals surface area contributed by atoms with Crippen LogP contribution in [0.1, 0.15) is 52.9 Å². The van der Waals surface area contributed by atoms with E-state index in [4.69, 9.17) is 5.11 Å². The van der Waals surface area contributed by atoms with Crippen LogP contribution in [0.25, 0.3) is 0 Å². The van der Waals surface area contributed by atoms with Crippen LogP contribution in [0.5, 0.6) is 0 Å². The standard InChI is InChI=1S/C15H31NO2/c1-4-5-13-6-7-15(18)14(10-13)11-16(8-9-17)12(2)3/h12-15,17-18H,4-11H2,1-3H3. The first-order valence-electron chi connectivity index (χ1n) is 7.61. The molecule has 0 aromatic heterocycles. The number of nitrogens with zero attached hydrogens (tertiary/aromatic N) is 1. The van der Waals surface area contributed by atoms with Gasteiger partial charge in [0.05, 0.1) is 12.7 Å². The highest BCUT2D eigenvalue weighted by Gasteiger charge is 2.30. The van der Waals surface area contributed by atoms with Gasteiger partial charge in [0.1, 0.15) is 0 Å². The summed E-state index contributed by atoms with van der Waals surface area (Å²) in [6, 6.07) is 0.441. The van der Waals surface area contributed by atoms with Gasteiger partial charge in [-0.3, -0.25) is 4.90 Å². The first kappa shape index (κ1) is 15.9. The maximum atomic E-state index is 10.2. The van der Waals surface area contributed by atoms with Crippen molar-refractivity contribution in [1.29, 1.82) is 0 Å². The molecule has 0 aliphatic heterocycles. The van der Waals surface area contributed by atoms with Crippen LogP contribution in [-0.2, 0) is 0 Å². The van der Waals surface area contributed by atoms with Crippen molar-refractivity contribution < 1.29 is 10.2 Å². The third-order valence-corrected chi connectivity index (χ3v) is 4.33. The molecule has 1 aliphatic carbocycles. The van der Waals surface area contributed by atoms with Crippen LogP contribution in [-0.4, -0.2) is 47.0 Å². The molecule has 2 N–H and O–H groups in total. The number of aliphatic hydroxyl groups excluding tert-OH is 2. The van der Waals surface area contributed by atoms with E-state index in [9.17, 15) is 5.11 Å². The zero-order chi connectivity index (χ0) is 13.5. The Morgan fingerprint density at radius 2 is 2.00 bits per heavy atom. The van der Waals surface area contributed by atoms with Crippen LogP contribution < -0.4 is 0 Å². The Kier molecular flexibility index (Phi) is 7.20. The first-order valence-corrected chi connectivity index (χ1v) is 7.61. The van der Waals surface area contributed by atoms with Gasteiger partial charge in [-0.25, -0.2) is 0 Å². The van der Waals surface area contributed by atoms with Crippen LogP contribution in [0.4, 0.5) is 0 Å². The van der Waals surface area contributed by atoms with E-state index < -0.39 is 0 Å². The average Bonchev–Trinajstić information content (AvgIpc) is 2.33. The summed E-state index contributed by atoms with van der Waals surface area (Å²) >= 11 is 0. The van der Waals surface area contributed by atoms with Gasteiger partial charge in [-0.05, 0) is 44.9 Å². The zero-order valence-electron chi connectivity index (χ0n) is 12.3. The third-order valence-electron chi connectivity index (χ3n) is 4.33. The minimum atomic E-state index is -0.141. The summed E-state index contributed by atoms with van der Waals surface area (Å²) in [5, 5.41) is 19.3. The molecule has 3 nitrogen and oxygen atoms in total. The van der Waals surface area contributed by atoms with E-state index in [1.807, 2.05) is 0 Å². The molecule has 1 saturated carbocycles. The third kappa shape index (κ3) is 4.87. The second kappa shape index (κ2) is 8.13. The smallest absolute Gasteiger partial charge is 0.0580 e. The fraction of sp³-hybridized carbons (Fsp3) is 1.00. The molecular formula is C15H31NO2. The molecule has 1 rings (SSSR count). The maximum Gasteiger partial charge on any atom is 0.0580 e. The minimum Gasteiger partial charge on any atom is -0.395 e. The van der Waals surface area contributed by atoms with Crippen molar-refractivity contribution in [3.63, 3.8) is 0 Å². The van der Waals surface area contributed by atoms with Crippen molar-refractivity contribution in [2.24, 2.45) is 11.8 Å². The average molecular weight is 257 g/mol. The minimum absolute atomic E-state index is 0.141. The van der Waals surface area contributed by atoms with E-state index in [1.54, 1.807) is 0 Å². The number of hydrogen-bond donors (Lipinski definition) is 2. The highest BCUT2D eigenvalue weighted by Crippen LogP contribution is 2.32. The molecule has 0 bridgehead atoms. The van der Waals surface area contributed by atoms with Gasteiger partial charge in [-0.15, -0.1) is 0 Å². The van der Waals surface area contributed by atoms with E-state index >= 15 is 0 Å². The molecule has 3 heteroatoms. The monoisotopic (exact) mass is 257 g/mol. The van der Waals surface area contributed by atoms with Crippen molar-refractivity contribution in [3.05, 3.63) is 0 Å². The van der Waals surface area contributed by atoms with Crippen molar-refractivity contribution in [1.82, 2.24) is 4.90 Å². The number of aliphatic hydroxyl groups is 2. The lowest BCUT2D eigenvalue weighted by Crippen LogP contribution is -2.43. The Labute approximate surface area is 112 Å². The predicted molar refractivity (Wildman–Crippen MR) is 75.5 cm³/mol. The second-order valence-electron chi connectivity index (χ2n) is 6.11. The number of rotatable bonds is 7. The molecule has 0 amide bonds. The molecule has 0 spiro atoms. The van der Waals surface area contributed by atoms with Crippen LogP contribution in [0.3, 0.4) is 0 Å². The largest absolute Gasteiger partial charge is 0.395 e. The normalized spacial score (nSPS) is 29.2. The molecule has 0 radical (unpaired) electrons. The molecule has 0 aromatic carbocycles. The SMILES string of the molecule is CCCC1CCC(O)C(CN(CCO)C(C)C)C1. The lowest BCUT2D eigenvalue weighted by atomic mass is 9.77. The number of hydrogen-bond acceptors (Lipinski definition) is 3. The topological polar surface area (TPSA) is 43.7 Å². The van der Waals surface area contributed by atoms with E-state index in [0.717, 1.165) is 31.8 Å². The highest BCUT2D eigenvalue weighted by atomic mass is 16.3. The van der Waals surface area contributed by atoms with Gasteiger partial charge < -0.3 is 10.2 Å². The van der Waals surface area contributed by atoms with Crippen LogP contribution in [0.2, 0.25) is 0 Å². The summed E-state index contributed by atoms with van der Waals surface area (Å²) in [7, 11) is 0. The van der Waals surface area contributed by atoms with Gasteiger partial charge in [0.2, 0.25) is 0 Å². The Hall–Kier alpha value is -0.120. The fourth-order valence-corrected chi connectivity index (χ4v) is 3.20. The summed E-state index contributed by atoms with van der Waals surface area (Å²) in [6.07, 6.45) is 5.71. The Morgan fingerprint density at radius 3 is 2.56 bits per heavy atom. The summed E-state index contributed by atoms with van der Waals surface area (Å²) < 4.78 is 0. The van der Waals surface area contributed by atoms with Crippen molar-refractivity contribution in [2.75, 3.05) is 19.7 Å². The van der Waals surface area contributed by atoms with Crippen molar-refractivity contribution in [3.8, 4) is 0 Å². The molecule has 1 fully saturated rings.